The third-order valence-corrected chi connectivity index (χ3v) is 5.23. The van der Waals surface area contributed by atoms with Crippen molar-refractivity contribution in [1.82, 2.24) is 30.0 Å². The molecular formula is C21H28N8O2. The SMILES string of the molecule is CCOCCn1nc(C)c2nc(NC(=O)[C@H]3CCNC3)nc(Nc3ccc(C)cn3)c21. The topological polar surface area (TPSA) is 119 Å². The van der Waals surface area contributed by atoms with E-state index >= 15 is 0 Å². The number of anilines is 3. The highest BCUT2D eigenvalue weighted by Crippen LogP contribution is 2.27. The molecular weight excluding hydrogens is 396 g/mol. The van der Waals surface area contributed by atoms with Gasteiger partial charge in [0.25, 0.3) is 0 Å². The van der Waals surface area contributed by atoms with Crippen molar-refractivity contribution in [3.05, 3.63) is 29.6 Å². The van der Waals surface area contributed by atoms with Gasteiger partial charge in [-0.1, -0.05) is 6.07 Å². The van der Waals surface area contributed by atoms with Gasteiger partial charge in [-0.25, -0.2) is 9.97 Å². The van der Waals surface area contributed by atoms with Gasteiger partial charge in [-0.05, 0) is 45.4 Å². The molecule has 1 atom stereocenters. The number of amides is 1. The normalized spacial score (nSPS) is 16.0. The van der Waals surface area contributed by atoms with Crippen LogP contribution in [0, 0.1) is 19.8 Å². The van der Waals surface area contributed by atoms with Crippen LogP contribution < -0.4 is 16.0 Å². The predicted molar refractivity (Wildman–Crippen MR) is 118 cm³/mol. The number of hydrogen-bond acceptors (Lipinski definition) is 8. The minimum atomic E-state index is -0.0792. The van der Waals surface area contributed by atoms with Crippen LogP contribution in [0.4, 0.5) is 17.6 Å². The van der Waals surface area contributed by atoms with Crippen LogP contribution in [-0.2, 0) is 16.1 Å². The Morgan fingerprint density at radius 3 is 2.90 bits per heavy atom. The second-order valence-corrected chi connectivity index (χ2v) is 7.62. The summed E-state index contributed by atoms with van der Waals surface area (Å²) in [4.78, 5) is 26.3. The highest BCUT2D eigenvalue weighted by atomic mass is 16.5. The van der Waals surface area contributed by atoms with Crippen LogP contribution in [0.3, 0.4) is 0 Å². The van der Waals surface area contributed by atoms with Crippen molar-refractivity contribution < 1.29 is 9.53 Å². The Kier molecular flexibility index (Phi) is 6.38. The quantitative estimate of drug-likeness (QED) is 0.471. The molecule has 0 bridgehead atoms. The Hall–Kier alpha value is -3.11. The molecule has 0 radical (unpaired) electrons. The first kappa shape index (κ1) is 21.1. The summed E-state index contributed by atoms with van der Waals surface area (Å²) >= 11 is 0. The molecule has 1 amide bonds. The zero-order valence-electron chi connectivity index (χ0n) is 18.1. The highest BCUT2D eigenvalue weighted by molar-refractivity contribution is 5.95. The third kappa shape index (κ3) is 4.80. The molecule has 1 aliphatic heterocycles. The number of nitrogens with zero attached hydrogens (tertiary/aromatic N) is 5. The monoisotopic (exact) mass is 424 g/mol. The fourth-order valence-corrected chi connectivity index (χ4v) is 3.58. The summed E-state index contributed by atoms with van der Waals surface area (Å²) in [5, 5.41) is 14.0. The average Bonchev–Trinajstić information content (AvgIpc) is 3.39. The Labute approximate surface area is 180 Å². The lowest BCUT2D eigenvalue weighted by molar-refractivity contribution is -0.119. The lowest BCUT2D eigenvalue weighted by Gasteiger charge is -2.13. The number of carbonyl (C=O) groups is 1. The molecule has 4 rings (SSSR count). The molecule has 3 aromatic rings. The van der Waals surface area contributed by atoms with E-state index in [0.29, 0.717) is 43.5 Å². The standard InChI is InChI=1S/C21H28N8O2/c1-4-31-10-9-29-18-17(14(3)28-29)25-21(27-20(30)15-7-8-22-12-15)26-19(18)24-16-6-5-13(2)11-23-16/h5-6,11,15,22H,4,7-10,12H2,1-3H3,(H2,23,24,25,26,27,30)/t15-/m0/s1. The summed E-state index contributed by atoms with van der Waals surface area (Å²) in [6.45, 7) is 9.08. The lowest BCUT2D eigenvalue weighted by Crippen LogP contribution is -2.25. The van der Waals surface area contributed by atoms with Crippen LogP contribution in [0.5, 0.6) is 0 Å². The average molecular weight is 425 g/mol. The fourth-order valence-electron chi connectivity index (χ4n) is 3.58. The van der Waals surface area contributed by atoms with Crippen LogP contribution in [0.2, 0.25) is 0 Å². The van der Waals surface area contributed by atoms with E-state index in [1.54, 1.807) is 6.20 Å². The van der Waals surface area contributed by atoms with Crippen molar-refractivity contribution in [1.29, 1.82) is 0 Å². The van der Waals surface area contributed by atoms with E-state index in [1.165, 1.54) is 0 Å². The molecule has 4 heterocycles. The number of aryl methyl sites for hydroxylation is 2. The molecule has 1 fully saturated rings. The van der Waals surface area contributed by atoms with Gasteiger partial charge < -0.3 is 15.4 Å². The molecule has 0 unspecified atom stereocenters. The first-order valence-corrected chi connectivity index (χ1v) is 10.6. The first-order chi connectivity index (χ1) is 15.0. The number of pyridine rings is 1. The van der Waals surface area contributed by atoms with Crippen molar-refractivity contribution in [3.8, 4) is 0 Å². The second-order valence-electron chi connectivity index (χ2n) is 7.62. The molecule has 10 heteroatoms. The second kappa shape index (κ2) is 9.36. The summed E-state index contributed by atoms with van der Waals surface area (Å²) in [7, 11) is 0. The van der Waals surface area contributed by atoms with Gasteiger partial charge in [0.05, 0.1) is 24.8 Å². The number of ether oxygens (including phenoxy) is 1. The number of nitrogens with one attached hydrogen (secondary N) is 3. The molecule has 0 aliphatic carbocycles. The third-order valence-electron chi connectivity index (χ3n) is 5.23. The first-order valence-electron chi connectivity index (χ1n) is 10.6. The minimum Gasteiger partial charge on any atom is -0.380 e. The maximum Gasteiger partial charge on any atom is 0.232 e. The Balaban J connectivity index is 1.71. The van der Waals surface area contributed by atoms with E-state index in [9.17, 15) is 4.79 Å². The molecule has 10 nitrogen and oxygen atoms in total. The number of aromatic nitrogens is 5. The molecule has 3 N–H and O–H groups in total. The number of carbonyl (C=O) groups excluding carboxylic acids is 1. The van der Waals surface area contributed by atoms with Gasteiger partial charge in [0.2, 0.25) is 11.9 Å². The van der Waals surface area contributed by atoms with Gasteiger partial charge in [0, 0.05) is 19.3 Å². The molecule has 1 aliphatic rings. The molecule has 31 heavy (non-hydrogen) atoms. The predicted octanol–water partition coefficient (Wildman–Crippen LogP) is 2.17. The summed E-state index contributed by atoms with van der Waals surface area (Å²) in [5.41, 5.74) is 3.25. The Morgan fingerprint density at radius 1 is 1.32 bits per heavy atom. The Bertz CT molecular complexity index is 1060. The van der Waals surface area contributed by atoms with Crippen LogP contribution in [0.15, 0.2) is 18.3 Å². The van der Waals surface area contributed by atoms with Gasteiger partial charge in [0.1, 0.15) is 16.9 Å². The van der Waals surface area contributed by atoms with E-state index in [4.69, 9.17) is 4.74 Å². The maximum absolute atomic E-state index is 12.6. The van der Waals surface area contributed by atoms with E-state index in [-0.39, 0.29) is 17.8 Å². The summed E-state index contributed by atoms with van der Waals surface area (Å²) in [5.74, 6) is 1.29. The molecule has 164 valence electrons. The van der Waals surface area contributed by atoms with Crippen molar-refractivity contribution >= 4 is 34.5 Å². The largest absolute Gasteiger partial charge is 0.380 e. The van der Waals surface area contributed by atoms with Crippen LogP contribution in [-0.4, -0.2) is 56.9 Å². The van der Waals surface area contributed by atoms with Crippen LogP contribution in [0.1, 0.15) is 24.6 Å². The number of rotatable bonds is 8. The zero-order chi connectivity index (χ0) is 21.8. The number of hydrogen-bond donors (Lipinski definition) is 3. The van der Waals surface area contributed by atoms with Crippen LogP contribution >= 0.6 is 0 Å². The molecule has 0 aromatic carbocycles. The van der Waals surface area contributed by atoms with Gasteiger partial charge in [-0.2, -0.15) is 10.1 Å². The van der Waals surface area contributed by atoms with Gasteiger partial charge in [-0.3, -0.25) is 14.8 Å². The highest BCUT2D eigenvalue weighted by Gasteiger charge is 2.24. The van der Waals surface area contributed by atoms with E-state index in [0.717, 1.165) is 29.7 Å². The summed E-state index contributed by atoms with van der Waals surface area (Å²) in [6.07, 6.45) is 2.59. The van der Waals surface area contributed by atoms with Crippen molar-refractivity contribution in [2.24, 2.45) is 5.92 Å². The fraction of sp³-hybridized carbons (Fsp3) is 0.476. The van der Waals surface area contributed by atoms with Crippen molar-refractivity contribution in [2.45, 2.75) is 33.7 Å². The smallest absolute Gasteiger partial charge is 0.232 e. The maximum atomic E-state index is 12.6. The van der Waals surface area contributed by atoms with Gasteiger partial charge >= 0.3 is 0 Å². The summed E-state index contributed by atoms with van der Waals surface area (Å²) < 4.78 is 7.34. The van der Waals surface area contributed by atoms with E-state index < -0.39 is 0 Å². The summed E-state index contributed by atoms with van der Waals surface area (Å²) in [6, 6.07) is 3.86. The van der Waals surface area contributed by atoms with E-state index in [2.05, 4.69) is 36.0 Å². The van der Waals surface area contributed by atoms with E-state index in [1.807, 2.05) is 37.6 Å². The minimum absolute atomic E-state index is 0.0786. The van der Waals surface area contributed by atoms with Gasteiger partial charge in [-0.15, -0.1) is 0 Å². The molecule has 0 spiro atoms. The van der Waals surface area contributed by atoms with Crippen LogP contribution in [0.25, 0.3) is 11.0 Å². The molecule has 0 saturated carbocycles. The Morgan fingerprint density at radius 2 is 2.19 bits per heavy atom. The molecule has 1 saturated heterocycles. The molecule has 3 aromatic heterocycles. The number of fused-ring (bicyclic) bond motifs is 1. The lowest BCUT2D eigenvalue weighted by atomic mass is 10.1. The van der Waals surface area contributed by atoms with Crippen molar-refractivity contribution in [3.63, 3.8) is 0 Å². The van der Waals surface area contributed by atoms with Gasteiger partial charge in [0.15, 0.2) is 5.82 Å². The zero-order valence-corrected chi connectivity index (χ0v) is 18.1. The van der Waals surface area contributed by atoms with Crippen molar-refractivity contribution in [2.75, 3.05) is 36.9 Å².